The van der Waals surface area contributed by atoms with Crippen molar-refractivity contribution < 1.29 is 14.3 Å². The van der Waals surface area contributed by atoms with Crippen LogP contribution in [0.5, 0.6) is 0 Å². The molecule has 2 heterocycles. The van der Waals surface area contributed by atoms with Crippen molar-refractivity contribution in [1.82, 2.24) is 9.80 Å². The lowest BCUT2D eigenvalue weighted by Gasteiger charge is -2.36. The summed E-state index contributed by atoms with van der Waals surface area (Å²) in [6, 6.07) is 7.91. The van der Waals surface area contributed by atoms with Gasteiger partial charge in [0.1, 0.15) is 0 Å². The number of anilines is 1. The minimum absolute atomic E-state index is 0.0622. The Bertz CT molecular complexity index is 703. The zero-order valence-electron chi connectivity index (χ0n) is 17.5. The smallest absolute Gasteiger partial charge is 0.253 e. The number of benzene rings is 1. The highest BCUT2D eigenvalue weighted by molar-refractivity contribution is 5.94. The molecule has 158 valence electrons. The molecule has 1 aliphatic carbocycles. The quantitative estimate of drug-likeness (QED) is 0.738. The summed E-state index contributed by atoms with van der Waals surface area (Å²) in [7, 11) is 1.87. The second kappa shape index (κ2) is 9.16. The van der Waals surface area contributed by atoms with Gasteiger partial charge in [-0.05, 0) is 62.8 Å². The Morgan fingerprint density at radius 3 is 2.38 bits per heavy atom. The van der Waals surface area contributed by atoms with Gasteiger partial charge in [0, 0.05) is 63.5 Å². The highest BCUT2D eigenvalue weighted by Crippen LogP contribution is 2.31. The molecular formula is C23H33N3O3. The SMILES string of the molecule is CN(CCC1CCCCO1)C(=O)c1ccc(N2CCN(C(=O)C3CC3)CC2)cc1. The molecule has 6 nitrogen and oxygen atoms in total. The number of nitrogens with zero attached hydrogens (tertiary/aromatic N) is 3. The Balaban J connectivity index is 1.26. The van der Waals surface area contributed by atoms with E-state index >= 15 is 0 Å². The largest absolute Gasteiger partial charge is 0.378 e. The second-order valence-electron chi connectivity index (χ2n) is 8.64. The number of piperazine rings is 1. The maximum atomic E-state index is 12.7. The lowest BCUT2D eigenvalue weighted by molar-refractivity contribution is -0.132. The van der Waals surface area contributed by atoms with Crippen molar-refractivity contribution in [3.63, 3.8) is 0 Å². The first-order valence-electron chi connectivity index (χ1n) is 11.1. The molecule has 0 bridgehead atoms. The fourth-order valence-electron chi connectivity index (χ4n) is 4.28. The van der Waals surface area contributed by atoms with Crippen LogP contribution in [0.15, 0.2) is 24.3 Å². The predicted molar refractivity (Wildman–Crippen MR) is 113 cm³/mol. The van der Waals surface area contributed by atoms with Crippen molar-refractivity contribution in [2.45, 2.75) is 44.6 Å². The van der Waals surface area contributed by atoms with E-state index < -0.39 is 0 Å². The fourth-order valence-corrected chi connectivity index (χ4v) is 4.28. The summed E-state index contributed by atoms with van der Waals surface area (Å²) in [6.07, 6.45) is 6.83. The van der Waals surface area contributed by atoms with Crippen LogP contribution in [-0.4, -0.2) is 74.1 Å². The molecule has 1 aromatic rings. The van der Waals surface area contributed by atoms with Gasteiger partial charge in [0.25, 0.3) is 5.91 Å². The summed E-state index contributed by atoms with van der Waals surface area (Å²) in [5.74, 6) is 0.702. The Morgan fingerprint density at radius 1 is 1.03 bits per heavy atom. The first-order valence-corrected chi connectivity index (χ1v) is 11.1. The second-order valence-corrected chi connectivity index (χ2v) is 8.64. The van der Waals surface area contributed by atoms with Crippen molar-refractivity contribution in [2.75, 3.05) is 51.3 Å². The van der Waals surface area contributed by atoms with E-state index in [2.05, 4.69) is 4.90 Å². The monoisotopic (exact) mass is 399 g/mol. The van der Waals surface area contributed by atoms with Gasteiger partial charge in [-0.1, -0.05) is 0 Å². The molecule has 3 fully saturated rings. The Morgan fingerprint density at radius 2 is 1.76 bits per heavy atom. The van der Waals surface area contributed by atoms with Crippen LogP contribution in [0.3, 0.4) is 0 Å². The standard InChI is InChI=1S/C23H33N3O3/c1-24(12-11-21-4-2-3-17-29-21)22(27)18-7-9-20(10-8-18)25-13-15-26(16-14-25)23(28)19-5-6-19/h7-10,19,21H,2-6,11-17H2,1H3. The molecule has 3 aliphatic rings. The number of ether oxygens (including phenoxy) is 1. The normalized spacial score (nSPS) is 22.4. The summed E-state index contributed by atoms with van der Waals surface area (Å²) in [6.45, 7) is 4.87. The lowest BCUT2D eigenvalue weighted by Crippen LogP contribution is -2.49. The van der Waals surface area contributed by atoms with E-state index in [0.717, 1.165) is 82.7 Å². The van der Waals surface area contributed by atoms with Gasteiger partial charge in [0.05, 0.1) is 6.10 Å². The van der Waals surface area contributed by atoms with Crippen LogP contribution >= 0.6 is 0 Å². The third kappa shape index (κ3) is 5.10. The molecule has 1 saturated carbocycles. The number of amides is 2. The summed E-state index contributed by atoms with van der Waals surface area (Å²) in [5.41, 5.74) is 1.85. The molecule has 1 aromatic carbocycles. The molecule has 29 heavy (non-hydrogen) atoms. The minimum Gasteiger partial charge on any atom is -0.378 e. The highest BCUT2D eigenvalue weighted by atomic mass is 16.5. The van der Waals surface area contributed by atoms with E-state index in [-0.39, 0.29) is 5.91 Å². The third-order valence-corrected chi connectivity index (χ3v) is 6.40. The predicted octanol–water partition coefficient (Wildman–Crippen LogP) is 2.78. The molecule has 1 unspecified atom stereocenters. The number of hydrogen-bond donors (Lipinski definition) is 0. The fraction of sp³-hybridized carbons (Fsp3) is 0.652. The van der Waals surface area contributed by atoms with Gasteiger partial charge in [0.2, 0.25) is 5.91 Å². The van der Waals surface area contributed by atoms with Gasteiger partial charge >= 0.3 is 0 Å². The van der Waals surface area contributed by atoms with Crippen LogP contribution in [0.25, 0.3) is 0 Å². The summed E-state index contributed by atoms with van der Waals surface area (Å²) >= 11 is 0. The van der Waals surface area contributed by atoms with Crippen LogP contribution in [0.2, 0.25) is 0 Å². The van der Waals surface area contributed by atoms with Gasteiger partial charge in [-0.15, -0.1) is 0 Å². The van der Waals surface area contributed by atoms with Crippen molar-refractivity contribution >= 4 is 17.5 Å². The van der Waals surface area contributed by atoms with Crippen molar-refractivity contribution in [2.24, 2.45) is 5.92 Å². The zero-order chi connectivity index (χ0) is 20.2. The topological polar surface area (TPSA) is 53.1 Å². The average molecular weight is 400 g/mol. The van der Waals surface area contributed by atoms with Crippen LogP contribution in [0.1, 0.15) is 48.9 Å². The van der Waals surface area contributed by atoms with E-state index in [4.69, 9.17) is 4.74 Å². The van der Waals surface area contributed by atoms with E-state index in [1.54, 1.807) is 4.90 Å². The molecule has 0 radical (unpaired) electrons. The van der Waals surface area contributed by atoms with Gasteiger partial charge in [0.15, 0.2) is 0 Å². The van der Waals surface area contributed by atoms with Crippen LogP contribution in [0, 0.1) is 5.92 Å². The molecule has 0 N–H and O–H groups in total. The van der Waals surface area contributed by atoms with Gasteiger partial charge in [-0.25, -0.2) is 0 Å². The highest BCUT2D eigenvalue weighted by Gasteiger charge is 2.34. The molecule has 0 spiro atoms. The molecule has 1 atom stereocenters. The van der Waals surface area contributed by atoms with Gasteiger partial charge in [-0.3, -0.25) is 9.59 Å². The van der Waals surface area contributed by atoms with Crippen LogP contribution < -0.4 is 4.90 Å². The molecule has 2 saturated heterocycles. The van der Waals surface area contributed by atoms with E-state index in [1.807, 2.05) is 36.2 Å². The third-order valence-electron chi connectivity index (χ3n) is 6.40. The van der Waals surface area contributed by atoms with Crippen molar-refractivity contribution in [1.29, 1.82) is 0 Å². The minimum atomic E-state index is 0.0622. The summed E-state index contributed by atoms with van der Waals surface area (Å²) in [5, 5.41) is 0. The Hall–Kier alpha value is -2.08. The number of rotatable bonds is 6. The van der Waals surface area contributed by atoms with Crippen LogP contribution in [-0.2, 0) is 9.53 Å². The van der Waals surface area contributed by atoms with E-state index in [1.165, 1.54) is 6.42 Å². The van der Waals surface area contributed by atoms with E-state index in [0.29, 0.717) is 17.9 Å². The van der Waals surface area contributed by atoms with Crippen molar-refractivity contribution in [3.05, 3.63) is 29.8 Å². The first kappa shape index (κ1) is 20.2. The van der Waals surface area contributed by atoms with Crippen LogP contribution in [0.4, 0.5) is 5.69 Å². The van der Waals surface area contributed by atoms with Crippen molar-refractivity contribution in [3.8, 4) is 0 Å². The number of hydrogen-bond acceptors (Lipinski definition) is 4. The summed E-state index contributed by atoms with van der Waals surface area (Å²) in [4.78, 5) is 31.0. The molecule has 4 rings (SSSR count). The maximum Gasteiger partial charge on any atom is 0.253 e. The molecular weight excluding hydrogens is 366 g/mol. The maximum absolute atomic E-state index is 12.7. The zero-order valence-corrected chi connectivity index (χ0v) is 17.5. The first-order chi connectivity index (χ1) is 14.1. The van der Waals surface area contributed by atoms with Gasteiger partial charge < -0.3 is 19.4 Å². The van der Waals surface area contributed by atoms with Gasteiger partial charge in [-0.2, -0.15) is 0 Å². The Labute approximate surface area is 173 Å². The molecule has 2 aliphatic heterocycles. The lowest BCUT2D eigenvalue weighted by atomic mass is 10.1. The number of carbonyl (C=O) groups is 2. The molecule has 0 aromatic heterocycles. The Kier molecular flexibility index (Phi) is 6.38. The molecule has 6 heteroatoms. The van der Waals surface area contributed by atoms with E-state index in [9.17, 15) is 9.59 Å². The average Bonchev–Trinajstić information content (AvgIpc) is 3.63. The molecule has 2 amide bonds. The summed E-state index contributed by atoms with van der Waals surface area (Å²) < 4.78 is 5.77. The number of carbonyl (C=O) groups excluding carboxylic acids is 2.